The van der Waals surface area contributed by atoms with Crippen LogP contribution in [-0.4, -0.2) is 31.1 Å². The van der Waals surface area contributed by atoms with Crippen LogP contribution in [0.25, 0.3) is 0 Å². The molecular formula is C13H18N4O2S. The van der Waals surface area contributed by atoms with Gasteiger partial charge in [0.15, 0.2) is 5.69 Å². The van der Waals surface area contributed by atoms with Gasteiger partial charge in [0, 0.05) is 4.88 Å². The maximum Gasteiger partial charge on any atom is 0.358 e. The molecule has 108 valence electrons. The molecular weight excluding hydrogens is 276 g/mol. The number of carbonyl (C=O) groups is 1. The lowest BCUT2D eigenvalue weighted by Gasteiger charge is -2.07. The summed E-state index contributed by atoms with van der Waals surface area (Å²) >= 11 is 1.61. The average Bonchev–Trinajstić information content (AvgIpc) is 2.84. The van der Waals surface area contributed by atoms with Crippen LogP contribution in [0.15, 0.2) is 0 Å². The molecule has 0 saturated heterocycles. The monoisotopic (exact) mass is 294 g/mol. The molecule has 0 atom stereocenters. The summed E-state index contributed by atoms with van der Waals surface area (Å²) in [6, 6.07) is 0. The highest BCUT2D eigenvalue weighted by atomic mass is 32.1. The highest BCUT2D eigenvalue weighted by molar-refractivity contribution is 7.11. The van der Waals surface area contributed by atoms with Gasteiger partial charge >= 0.3 is 5.97 Å². The normalized spacial score (nSPS) is 11.2. The second-order valence-corrected chi connectivity index (χ2v) is 6.48. The predicted octanol–water partition coefficient (Wildman–Crippen LogP) is 2.30. The van der Waals surface area contributed by atoms with Crippen molar-refractivity contribution < 1.29 is 9.90 Å². The van der Waals surface area contributed by atoms with E-state index in [0.717, 1.165) is 10.7 Å². The van der Waals surface area contributed by atoms with Crippen LogP contribution in [0.2, 0.25) is 0 Å². The minimum Gasteiger partial charge on any atom is -0.476 e. The van der Waals surface area contributed by atoms with Crippen LogP contribution in [-0.2, 0) is 13.0 Å². The summed E-state index contributed by atoms with van der Waals surface area (Å²) in [4.78, 5) is 16.8. The number of aromatic carboxylic acids is 1. The summed E-state index contributed by atoms with van der Waals surface area (Å²) in [5, 5.41) is 17.9. The Morgan fingerprint density at radius 2 is 2.10 bits per heavy atom. The lowest BCUT2D eigenvalue weighted by molar-refractivity contribution is 0.0689. The van der Waals surface area contributed by atoms with Crippen LogP contribution < -0.4 is 0 Å². The summed E-state index contributed by atoms with van der Waals surface area (Å²) in [5.74, 6) is -0.691. The SMILES string of the molecule is Cc1nc(Cn2nnc(C(=O)O)c2CC(C)C)sc1C. The van der Waals surface area contributed by atoms with Crippen molar-refractivity contribution in [1.29, 1.82) is 0 Å². The van der Waals surface area contributed by atoms with Gasteiger partial charge in [-0.05, 0) is 26.2 Å². The molecule has 0 fully saturated rings. The molecule has 0 saturated carbocycles. The van der Waals surface area contributed by atoms with Gasteiger partial charge in [-0.2, -0.15) is 0 Å². The Morgan fingerprint density at radius 3 is 2.60 bits per heavy atom. The molecule has 0 amide bonds. The van der Waals surface area contributed by atoms with Gasteiger partial charge < -0.3 is 5.11 Å². The van der Waals surface area contributed by atoms with Crippen molar-refractivity contribution in [1.82, 2.24) is 20.0 Å². The number of rotatable bonds is 5. The molecule has 7 heteroatoms. The van der Waals surface area contributed by atoms with Crippen LogP contribution in [0.3, 0.4) is 0 Å². The van der Waals surface area contributed by atoms with E-state index in [2.05, 4.69) is 15.3 Å². The van der Waals surface area contributed by atoms with E-state index in [-0.39, 0.29) is 5.69 Å². The van der Waals surface area contributed by atoms with Crippen molar-refractivity contribution in [2.45, 2.75) is 40.7 Å². The highest BCUT2D eigenvalue weighted by Crippen LogP contribution is 2.19. The van der Waals surface area contributed by atoms with Crippen LogP contribution in [0.4, 0.5) is 0 Å². The Bertz CT molecular complexity index is 611. The third kappa shape index (κ3) is 3.04. The van der Waals surface area contributed by atoms with E-state index in [0.29, 0.717) is 24.6 Å². The summed E-state index contributed by atoms with van der Waals surface area (Å²) in [5.41, 5.74) is 1.72. The second kappa shape index (κ2) is 5.70. The van der Waals surface area contributed by atoms with Gasteiger partial charge in [0.05, 0.1) is 17.9 Å². The molecule has 0 spiro atoms. The van der Waals surface area contributed by atoms with E-state index in [9.17, 15) is 9.90 Å². The Balaban J connectivity index is 2.33. The molecule has 0 aliphatic heterocycles. The Kier molecular flexibility index (Phi) is 4.17. The number of thiazole rings is 1. The standard InChI is InChI=1S/C13H18N4O2S/c1-7(2)5-10-12(13(18)19)15-16-17(10)6-11-14-8(3)9(4)20-11/h7H,5-6H2,1-4H3,(H,18,19). The molecule has 6 nitrogen and oxygen atoms in total. The topological polar surface area (TPSA) is 80.9 Å². The Labute approximate surface area is 121 Å². The Morgan fingerprint density at radius 1 is 1.40 bits per heavy atom. The van der Waals surface area contributed by atoms with Gasteiger partial charge in [0.2, 0.25) is 0 Å². The summed E-state index contributed by atoms with van der Waals surface area (Å²) < 4.78 is 1.65. The largest absolute Gasteiger partial charge is 0.476 e. The van der Waals surface area contributed by atoms with Crippen molar-refractivity contribution in [3.8, 4) is 0 Å². The van der Waals surface area contributed by atoms with E-state index in [1.54, 1.807) is 16.0 Å². The van der Waals surface area contributed by atoms with E-state index in [1.807, 2.05) is 27.7 Å². The van der Waals surface area contributed by atoms with E-state index in [1.165, 1.54) is 4.88 Å². The van der Waals surface area contributed by atoms with Gasteiger partial charge in [-0.1, -0.05) is 19.1 Å². The van der Waals surface area contributed by atoms with Crippen molar-refractivity contribution in [3.05, 3.63) is 27.0 Å². The van der Waals surface area contributed by atoms with Crippen molar-refractivity contribution >= 4 is 17.3 Å². The number of nitrogens with zero attached hydrogens (tertiary/aromatic N) is 4. The van der Waals surface area contributed by atoms with Gasteiger partial charge in [0.1, 0.15) is 5.01 Å². The van der Waals surface area contributed by atoms with Crippen molar-refractivity contribution in [2.75, 3.05) is 0 Å². The highest BCUT2D eigenvalue weighted by Gasteiger charge is 2.20. The number of aromatic nitrogens is 4. The minimum absolute atomic E-state index is 0.0451. The minimum atomic E-state index is -1.03. The van der Waals surface area contributed by atoms with Gasteiger partial charge in [-0.3, -0.25) is 0 Å². The van der Waals surface area contributed by atoms with Crippen molar-refractivity contribution in [2.24, 2.45) is 5.92 Å². The number of carboxylic acids is 1. The fourth-order valence-corrected chi connectivity index (χ4v) is 2.87. The number of hydrogen-bond donors (Lipinski definition) is 1. The molecule has 0 radical (unpaired) electrons. The lowest BCUT2D eigenvalue weighted by atomic mass is 10.1. The number of aryl methyl sites for hydroxylation is 2. The maximum absolute atomic E-state index is 11.2. The second-order valence-electron chi connectivity index (χ2n) is 5.19. The van der Waals surface area contributed by atoms with Crippen LogP contribution in [0.1, 0.15) is 45.6 Å². The molecule has 0 aliphatic carbocycles. The van der Waals surface area contributed by atoms with Crippen LogP contribution >= 0.6 is 11.3 Å². The quantitative estimate of drug-likeness (QED) is 0.915. The molecule has 2 rings (SSSR count). The summed E-state index contributed by atoms with van der Waals surface area (Å²) in [6.07, 6.45) is 0.637. The van der Waals surface area contributed by atoms with Crippen molar-refractivity contribution in [3.63, 3.8) is 0 Å². The first kappa shape index (κ1) is 14.6. The third-order valence-electron chi connectivity index (χ3n) is 3.00. The molecule has 2 aromatic heterocycles. The molecule has 0 aromatic carbocycles. The molecule has 20 heavy (non-hydrogen) atoms. The number of hydrogen-bond acceptors (Lipinski definition) is 5. The van der Waals surface area contributed by atoms with Gasteiger partial charge in [-0.15, -0.1) is 16.4 Å². The first-order chi connectivity index (χ1) is 9.38. The van der Waals surface area contributed by atoms with Crippen LogP contribution in [0, 0.1) is 19.8 Å². The first-order valence-corrected chi connectivity index (χ1v) is 7.28. The zero-order valence-corrected chi connectivity index (χ0v) is 12.9. The Hall–Kier alpha value is -1.76. The van der Waals surface area contributed by atoms with E-state index < -0.39 is 5.97 Å². The smallest absolute Gasteiger partial charge is 0.358 e. The number of carboxylic acid groups (broad SMARTS) is 1. The zero-order valence-electron chi connectivity index (χ0n) is 12.0. The predicted molar refractivity (Wildman–Crippen MR) is 76.2 cm³/mol. The molecule has 2 aromatic rings. The van der Waals surface area contributed by atoms with Gasteiger partial charge in [0.25, 0.3) is 0 Å². The third-order valence-corrected chi connectivity index (χ3v) is 4.06. The molecule has 0 aliphatic rings. The summed E-state index contributed by atoms with van der Waals surface area (Å²) in [6.45, 7) is 8.55. The molecule has 1 N–H and O–H groups in total. The zero-order chi connectivity index (χ0) is 14.9. The first-order valence-electron chi connectivity index (χ1n) is 6.47. The maximum atomic E-state index is 11.2. The van der Waals surface area contributed by atoms with E-state index >= 15 is 0 Å². The summed E-state index contributed by atoms with van der Waals surface area (Å²) in [7, 11) is 0. The average molecular weight is 294 g/mol. The van der Waals surface area contributed by atoms with E-state index in [4.69, 9.17) is 0 Å². The van der Waals surface area contributed by atoms with Crippen LogP contribution in [0.5, 0.6) is 0 Å². The molecule has 0 unspecified atom stereocenters. The fraction of sp³-hybridized carbons (Fsp3) is 0.538. The van der Waals surface area contributed by atoms with Gasteiger partial charge in [-0.25, -0.2) is 14.5 Å². The lowest BCUT2D eigenvalue weighted by Crippen LogP contribution is -2.11. The fourth-order valence-electron chi connectivity index (χ4n) is 1.95. The molecule has 2 heterocycles. The molecule has 0 bridgehead atoms.